The second-order valence-electron chi connectivity index (χ2n) is 4.05. The van der Waals surface area contributed by atoms with Gasteiger partial charge in [0.25, 0.3) is 5.91 Å². The number of carbonyl (C=O) groups excluding carboxylic acids is 2. The average molecular weight is 345 g/mol. The van der Waals surface area contributed by atoms with Gasteiger partial charge in [0.1, 0.15) is 15.3 Å². The molecule has 0 aromatic carbocycles. The Bertz CT molecular complexity index is 502. The van der Waals surface area contributed by atoms with Crippen molar-refractivity contribution in [3.63, 3.8) is 0 Å². The first kappa shape index (κ1) is 16.6. The van der Waals surface area contributed by atoms with Crippen LogP contribution in [0.25, 0.3) is 0 Å². The molecule has 0 saturated heterocycles. The molecule has 106 valence electrons. The third kappa shape index (κ3) is 3.75. The molecule has 0 aliphatic carbocycles. The number of thiophene rings is 1. The molecule has 0 aliphatic rings. The molecule has 0 spiro atoms. The molecule has 0 fully saturated rings. The Kier molecular flexibility index (Phi) is 5.92. The molecule has 1 amide bonds. The van der Waals surface area contributed by atoms with Gasteiger partial charge in [-0.25, -0.2) is 4.79 Å². The minimum absolute atomic E-state index is 0.0848. The van der Waals surface area contributed by atoms with E-state index in [0.29, 0.717) is 0 Å². The fourth-order valence-electron chi connectivity index (χ4n) is 1.34. The quantitative estimate of drug-likeness (QED) is 0.849. The van der Waals surface area contributed by atoms with E-state index in [1.54, 1.807) is 13.8 Å². The van der Waals surface area contributed by atoms with E-state index in [2.05, 4.69) is 10.1 Å². The van der Waals surface area contributed by atoms with Crippen LogP contribution in [0.5, 0.6) is 0 Å². The van der Waals surface area contributed by atoms with Crippen molar-refractivity contribution in [2.45, 2.75) is 19.9 Å². The van der Waals surface area contributed by atoms with Crippen LogP contribution in [0, 0.1) is 5.92 Å². The van der Waals surface area contributed by atoms with Crippen molar-refractivity contribution in [2.75, 3.05) is 7.11 Å². The molecule has 0 saturated carbocycles. The Morgan fingerprint density at radius 3 is 2.16 bits per heavy atom. The number of amides is 1. The Morgan fingerprint density at radius 2 is 1.79 bits per heavy atom. The second-order valence-corrected chi connectivity index (χ2v) is 6.43. The number of rotatable bonds is 4. The number of carbonyl (C=O) groups is 2. The van der Waals surface area contributed by atoms with Crippen molar-refractivity contribution in [2.24, 2.45) is 5.92 Å². The number of hydrogen-bond acceptors (Lipinski definition) is 4. The summed E-state index contributed by atoms with van der Waals surface area (Å²) in [5.74, 6) is -1.15. The van der Waals surface area contributed by atoms with Crippen LogP contribution in [-0.2, 0) is 9.53 Å². The average Bonchev–Trinajstić information content (AvgIpc) is 2.62. The highest BCUT2D eigenvalue weighted by atomic mass is 35.5. The molecular formula is C11H12Cl3NO3S. The highest BCUT2D eigenvalue weighted by Gasteiger charge is 2.28. The number of nitrogens with one attached hydrogen (secondary N) is 1. The van der Waals surface area contributed by atoms with Gasteiger partial charge < -0.3 is 10.1 Å². The zero-order valence-corrected chi connectivity index (χ0v) is 13.5. The number of ether oxygens (including phenoxy) is 1. The summed E-state index contributed by atoms with van der Waals surface area (Å²) in [5.41, 5.74) is 0. The van der Waals surface area contributed by atoms with E-state index in [4.69, 9.17) is 34.8 Å². The van der Waals surface area contributed by atoms with Crippen molar-refractivity contribution >= 4 is 58.0 Å². The maximum absolute atomic E-state index is 12.1. The molecular weight excluding hydrogens is 333 g/mol. The maximum Gasteiger partial charge on any atom is 0.328 e. The van der Waals surface area contributed by atoms with Gasteiger partial charge in [-0.05, 0) is 5.92 Å². The van der Waals surface area contributed by atoms with Gasteiger partial charge in [-0.3, -0.25) is 4.79 Å². The van der Waals surface area contributed by atoms with Crippen LogP contribution in [0.15, 0.2) is 0 Å². The maximum atomic E-state index is 12.1. The predicted octanol–water partition coefficient (Wildman–Crippen LogP) is 3.64. The Hall–Kier alpha value is -0.490. The molecule has 1 aromatic heterocycles. The summed E-state index contributed by atoms with van der Waals surface area (Å²) in [4.78, 5) is 23.8. The van der Waals surface area contributed by atoms with Crippen molar-refractivity contribution in [1.29, 1.82) is 0 Å². The van der Waals surface area contributed by atoms with Crippen molar-refractivity contribution in [3.05, 3.63) is 19.3 Å². The molecule has 1 heterocycles. The second kappa shape index (κ2) is 6.79. The van der Waals surface area contributed by atoms with Gasteiger partial charge in [0.05, 0.1) is 17.2 Å². The molecule has 8 heteroatoms. The van der Waals surface area contributed by atoms with Gasteiger partial charge in [0.2, 0.25) is 0 Å². The van der Waals surface area contributed by atoms with E-state index < -0.39 is 17.9 Å². The lowest BCUT2D eigenvalue weighted by molar-refractivity contribution is -0.144. The van der Waals surface area contributed by atoms with Crippen LogP contribution in [0.3, 0.4) is 0 Å². The normalized spacial score (nSPS) is 12.4. The van der Waals surface area contributed by atoms with E-state index in [-0.39, 0.29) is 25.2 Å². The van der Waals surface area contributed by atoms with Crippen LogP contribution < -0.4 is 5.32 Å². The van der Waals surface area contributed by atoms with Gasteiger partial charge >= 0.3 is 5.97 Å². The SMILES string of the molecule is COC(=O)[C@@H](NC(=O)c1sc(Cl)c(Cl)c1Cl)C(C)C. The van der Waals surface area contributed by atoms with E-state index in [0.717, 1.165) is 11.3 Å². The first-order chi connectivity index (χ1) is 8.79. The van der Waals surface area contributed by atoms with Crippen LogP contribution in [0.4, 0.5) is 0 Å². The van der Waals surface area contributed by atoms with Gasteiger partial charge in [-0.2, -0.15) is 0 Å². The van der Waals surface area contributed by atoms with Gasteiger partial charge in [0.15, 0.2) is 0 Å². The lowest BCUT2D eigenvalue weighted by Crippen LogP contribution is -2.44. The Balaban J connectivity index is 2.94. The summed E-state index contributed by atoms with van der Waals surface area (Å²) >= 11 is 18.5. The number of halogens is 3. The minimum atomic E-state index is -0.756. The molecule has 0 radical (unpaired) electrons. The smallest absolute Gasteiger partial charge is 0.328 e. The fraction of sp³-hybridized carbons (Fsp3) is 0.455. The van der Waals surface area contributed by atoms with Gasteiger partial charge in [0, 0.05) is 0 Å². The summed E-state index contributed by atoms with van der Waals surface area (Å²) in [7, 11) is 1.26. The monoisotopic (exact) mass is 343 g/mol. The molecule has 19 heavy (non-hydrogen) atoms. The summed E-state index contributed by atoms with van der Waals surface area (Å²) in [6.07, 6.45) is 0. The standard InChI is InChI=1S/C11H12Cl3NO3S/c1-4(2)7(11(17)18-3)15-10(16)8-5(12)6(13)9(14)19-8/h4,7H,1-3H3,(H,15,16)/t7-/m0/s1. The molecule has 1 aromatic rings. The van der Waals surface area contributed by atoms with Crippen LogP contribution in [0.1, 0.15) is 23.5 Å². The van der Waals surface area contributed by atoms with E-state index >= 15 is 0 Å². The first-order valence-corrected chi connectivity index (χ1v) is 7.26. The summed E-state index contributed by atoms with van der Waals surface area (Å²) in [6.45, 7) is 3.58. The lowest BCUT2D eigenvalue weighted by Gasteiger charge is -2.19. The highest BCUT2D eigenvalue weighted by molar-refractivity contribution is 7.19. The largest absolute Gasteiger partial charge is 0.467 e. The topological polar surface area (TPSA) is 55.4 Å². The van der Waals surface area contributed by atoms with E-state index in [1.807, 2.05) is 0 Å². The summed E-state index contributed by atoms with van der Waals surface area (Å²) in [5, 5.41) is 2.78. The molecule has 0 aliphatic heterocycles. The zero-order valence-electron chi connectivity index (χ0n) is 10.4. The molecule has 1 rings (SSSR count). The fourth-order valence-corrected chi connectivity index (χ4v) is 3.05. The molecule has 0 unspecified atom stereocenters. The molecule has 1 atom stereocenters. The molecule has 0 bridgehead atoms. The molecule has 1 N–H and O–H groups in total. The summed E-state index contributed by atoms with van der Waals surface area (Å²) < 4.78 is 4.87. The predicted molar refractivity (Wildman–Crippen MR) is 77.5 cm³/mol. The first-order valence-electron chi connectivity index (χ1n) is 5.31. The zero-order chi connectivity index (χ0) is 14.7. The van der Waals surface area contributed by atoms with Crippen LogP contribution in [0.2, 0.25) is 14.4 Å². The van der Waals surface area contributed by atoms with Crippen molar-refractivity contribution < 1.29 is 14.3 Å². The van der Waals surface area contributed by atoms with Gasteiger partial charge in [-0.15, -0.1) is 11.3 Å². The van der Waals surface area contributed by atoms with Crippen molar-refractivity contribution in [3.8, 4) is 0 Å². The van der Waals surface area contributed by atoms with E-state index in [1.165, 1.54) is 7.11 Å². The summed E-state index contributed by atoms with van der Waals surface area (Å²) in [6, 6.07) is -0.756. The Morgan fingerprint density at radius 1 is 1.21 bits per heavy atom. The van der Waals surface area contributed by atoms with Gasteiger partial charge in [-0.1, -0.05) is 48.7 Å². The highest BCUT2D eigenvalue weighted by Crippen LogP contribution is 2.40. The number of hydrogen-bond donors (Lipinski definition) is 1. The van der Waals surface area contributed by atoms with Crippen LogP contribution >= 0.6 is 46.1 Å². The number of esters is 1. The molecule has 4 nitrogen and oxygen atoms in total. The third-order valence-corrected chi connectivity index (χ3v) is 4.94. The number of methoxy groups -OCH3 is 1. The third-order valence-electron chi connectivity index (χ3n) is 2.37. The lowest BCUT2D eigenvalue weighted by atomic mass is 10.0. The van der Waals surface area contributed by atoms with Crippen LogP contribution in [-0.4, -0.2) is 25.0 Å². The van der Waals surface area contributed by atoms with Crippen molar-refractivity contribution in [1.82, 2.24) is 5.32 Å². The Labute approximate surface area is 130 Å². The van der Waals surface area contributed by atoms with E-state index in [9.17, 15) is 9.59 Å². The minimum Gasteiger partial charge on any atom is -0.467 e.